The van der Waals surface area contributed by atoms with E-state index in [-0.39, 0.29) is 24.0 Å². The molecule has 1 aromatic heterocycles. The average molecular weight is 487 g/mol. The van der Waals surface area contributed by atoms with Crippen LogP contribution in [0.15, 0.2) is 35.5 Å². The summed E-state index contributed by atoms with van der Waals surface area (Å²) in [6.45, 7) is 4.69. The van der Waals surface area contributed by atoms with Crippen molar-refractivity contribution in [2.45, 2.75) is 25.9 Å². The van der Waals surface area contributed by atoms with Gasteiger partial charge in [0.1, 0.15) is 10.8 Å². The molecule has 1 aliphatic rings. The summed E-state index contributed by atoms with van der Waals surface area (Å²) in [6.07, 6.45) is 2.97. The average Bonchev–Trinajstić information content (AvgIpc) is 3.27. The second-order valence-corrected chi connectivity index (χ2v) is 7.36. The highest BCUT2D eigenvalue weighted by atomic mass is 127. The van der Waals surface area contributed by atoms with E-state index >= 15 is 0 Å². The first-order valence-corrected chi connectivity index (χ1v) is 9.27. The smallest absolute Gasteiger partial charge is 0.191 e. The van der Waals surface area contributed by atoms with Gasteiger partial charge >= 0.3 is 0 Å². The Bertz CT molecular complexity index is 736. The van der Waals surface area contributed by atoms with Gasteiger partial charge < -0.3 is 20.3 Å². The predicted octanol–water partition coefficient (Wildman–Crippen LogP) is 3.02. The van der Waals surface area contributed by atoms with Crippen molar-refractivity contribution in [2.24, 2.45) is 4.99 Å². The number of ether oxygens (including phenoxy) is 1. The number of halogens is 1. The minimum Gasteiger partial charge on any atom is -0.495 e. The zero-order chi connectivity index (χ0) is 17.6. The van der Waals surface area contributed by atoms with E-state index in [1.54, 1.807) is 25.5 Å². The van der Waals surface area contributed by atoms with E-state index in [0.717, 1.165) is 41.9 Å². The van der Waals surface area contributed by atoms with Gasteiger partial charge in [-0.05, 0) is 25.5 Å². The Labute approximate surface area is 176 Å². The van der Waals surface area contributed by atoms with E-state index in [1.165, 1.54) is 4.88 Å². The second-order valence-electron chi connectivity index (χ2n) is 6.04. The fourth-order valence-corrected chi connectivity index (χ4v) is 3.75. The van der Waals surface area contributed by atoms with Gasteiger partial charge in [-0.3, -0.25) is 4.99 Å². The molecule has 2 aromatic rings. The molecule has 0 spiro atoms. The Kier molecular flexibility index (Phi) is 7.95. The first-order valence-electron chi connectivity index (χ1n) is 8.46. The van der Waals surface area contributed by atoms with Crippen LogP contribution in [-0.2, 0) is 6.54 Å². The standard InChI is InChI=1S/C18H25N5OS.HI/c1-13-10-20-17(25-13)11-21-18(19-2)22-14-8-9-23(12-14)15-6-4-5-7-16(15)24-3;/h4-7,10,14H,8-9,11-12H2,1-3H3,(H2,19,21,22);1H. The summed E-state index contributed by atoms with van der Waals surface area (Å²) in [5, 5.41) is 7.93. The van der Waals surface area contributed by atoms with Gasteiger partial charge in [0.2, 0.25) is 0 Å². The number of benzene rings is 1. The zero-order valence-electron chi connectivity index (χ0n) is 15.4. The molecule has 1 atom stereocenters. The Balaban J connectivity index is 0.00000243. The maximum Gasteiger partial charge on any atom is 0.191 e. The van der Waals surface area contributed by atoms with Crippen molar-refractivity contribution in [3.05, 3.63) is 40.3 Å². The lowest BCUT2D eigenvalue weighted by Gasteiger charge is -2.22. The first-order chi connectivity index (χ1) is 12.2. The lowest BCUT2D eigenvalue weighted by Crippen LogP contribution is -2.44. The molecule has 2 N–H and O–H groups in total. The van der Waals surface area contributed by atoms with Crippen molar-refractivity contribution >= 4 is 47.0 Å². The maximum atomic E-state index is 5.48. The predicted molar refractivity (Wildman–Crippen MR) is 119 cm³/mol. The van der Waals surface area contributed by atoms with Crippen LogP contribution in [-0.4, -0.2) is 44.2 Å². The number of anilines is 1. The molecule has 1 fully saturated rings. The van der Waals surface area contributed by atoms with Gasteiger partial charge in [-0.2, -0.15) is 0 Å². The van der Waals surface area contributed by atoms with Gasteiger partial charge in [-0.15, -0.1) is 35.3 Å². The van der Waals surface area contributed by atoms with E-state index in [4.69, 9.17) is 4.74 Å². The van der Waals surface area contributed by atoms with Crippen LogP contribution in [0.4, 0.5) is 5.69 Å². The van der Waals surface area contributed by atoms with Crippen LogP contribution < -0.4 is 20.3 Å². The molecule has 8 heteroatoms. The number of para-hydroxylation sites is 2. The number of rotatable bonds is 5. The monoisotopic (exact) mass is 487 g/mol. The van der Waals surface area contributed by atoms with E-state index in [0.29, 0.717) is 12.6 Å². The van der Waals surface area contributed by atoms with Crippen LogP contribution in [0.2, 0.25) is 0 Å². The highest BCUT2D eigenvalue weighted by Gasteiger charge is 2.25. The number of guanidine groups is 1. The minimum absolute atomic E-state index is 0. The fourth-order valence-electron chi connectivity index (χ4n) is 3.02. The van der Waals surface area contributed by atoms with E-state index < -0.39 is 0 Å². The summed E-state index contributed by atoms with van der Waals surface area (Å²) in [4.78, 5) is 12.3. The number of aromatic nitrogens is 1. The number of methoxy groups -OCH3 is 1. The topological polar surface area (TPSA) is 61.8 Å². The number of nitrogens with one attached hydrogen (secondary N) is 2. The van der Waals surface area contributed by atoms with Gasteiger partial charge in [0.25, 0.3) is 0 Å². The highest BCUT2D eigenvalue weighted by molar-refractivity contribution is 14.0. The number of nitrogens with zero attached hydrogens (tertiary/aromatic N) is 3. The molecule has 1 saturated heterocycles. The van der Waals surface area contributed by atoms with Crippen molar-refractivity contribution in [1.29, 1.82) is 0 Å². The molecule has 6 nitrogen and oxygen atoms in total. The maximum absolute atomic E-state index is 5.48. The van der Waals surface area contributed by atoms with Gasteiger partial charge in [0.15, 0.2) is 5.96 Å². The van der Waals surface area contributed by atoms with Crippen LogP contribution in [0.25, 0.3) is 0 Å². The number of aryl methyl sites for hydroxylation is 1. The summed E-state index contributed by atoms with van der Waals surface area (Å²) < 4.78 is 5.48. The molecule has 1 aromatic carbocycles. The quantitative estimate of drug-likeness (QED) is 0.386. The number of hydrogen-bond acceptors (Lipinski definition) is 5. The van der Waals surface area contributed by atoms with Crippen LogP contribution >= 0.6 is 35.3 Å². The van der Waals surface area contributed by atoms with Crippen molar-refractivity contribution in [1.82, 2.24) is 15.6 Å². The Morgan fingerprint density at radius 3 is 2.92 bits per heavy atom. The Hall–Kier alpha value is -1.55. The molecule has 26 heavy (non-hydrogen) atoms. The number of aliphatic imine (C=N–C) groups is 1. The normalized spacial score (nSPS) is 17.0. The fraction of sp³-hybridized carbons (Fsp3) is 0.444. The van der Waals surface area contributed by atoms with Crippen LogP contribution in [0.1, 0.15) is 16.3 Å². The lowest BCUT2D eigenvalue weighted by molar-refractivity contribution is 0.415. The summed E-state index contributed by atoms with van der Waals surface area (Å²) in [6, 6.07) is 8.52. The van der Waals surface area contributed by atoms with Gasteiger partial charge in [-0.1, -0.05) is 12.1 Å². The van der Waals surface area contributed by atoms with Crippen molar-refractivity contribution in [3.63, 3.8) is 0 Å². The van der Waals surface area contributed by atoms with Crippen molar-refractivity contribution in [2.75, 3.05) is 32.1 Å². The third-order valence-corrected chi connectivity index (χ3v) is 5.17. The molecule has 1 unspecified atom stereocenters. The molecular formula is C18H26IN5OS. The third-order valence-electron chi connectivity index (χ3n) is 4.25. The number of thiazole rings is 1. The molecule has 142 valence electrons. The van der Waals surface area contributed by atoms with Crippen LogP contribution in [0, 0.1) is 6.92 Å². The summed E-state index contributed by atoms with van der Waals surface area (Å²) in [7, 11) is 3.52. The van der Waals surface area contributed by atoms with Gasteiger partial charge in [0, 0.05) is 37.3 Å². The number of hydrogen-bond donors (Lipinski definition) is 2. The summed E-state index contributed by atoms with van der Waals surface area (Å²) in [5.74, 6) is 1.74. The molecule has 3 rings (SSSR count). The van der Waals surface area contributed by atoms with E-state index in [9.17, 15) is 0 Å². The van der Waals surface area contributed by atoms with Crippen molar-refractivity contribution < 1.29 is 4.74 Å². The summed E-state index contributed by atoms with van der Waals surface area (Å²) in [5.41, 5.74) is 1.15. The van der Waals surface area contributed by atoms with Crippen LogP contribution in [0.5, 0.6) is 5.75 Å². The summed E-state index contributed by atoms with van der Waals surface area (Å²) >= 11 is 1.71. The van der Waals surface area contributed by atoms with Crippen molar-refractivity contribution in [3.8, 4) is 5.75 Å². The van der Waals surface area contributed by atoms with Crippen LogP contribution in [0.3, 0.4) is 0 Å². The molecule has 0 amide bonds. The highest BCUT2D eigenvalue weighted by Crippen LogP contribution is 2.30. The van der Waals surface area contributed by atoms with Gasteiger partial charge in [0.05, 0.1) is 19.3 Å². The van der Waals surface area contributed by atoms with Gasteiger partial charge in [-0.25, -0.2) is 4.98 Å². The molecule has 0 bridgehead atoms. The second kappa shape index (κ2) is 9.96. The Morgan fingerprint density at radius 1 is 1.42 bits per heavy atom. The minimum atomic E-state index is 0. The SMILES string of the molecule is CN=C(NCc1ncc(C)s1)NC1CCN(c2ccccc2OC)C1.I. The molecule has 0 aliphatic carbocycles. The zero-order valence-corrected chi connectivity index (χ0v) is 18.5. The molecule has 2 heterocycles. The molecular weight excluding hydrogens is 461 g/mol. The van der Waals surface area contributed by atoms with E-state index in [2.05, 4.69) is 44.6 Å². The molecule has 0 radical (unpaired) electrons. The largest absolute Gasteiger partial charge is 0.495 e. The Morgan fingerprint density at radius 2 is 2.23 bits per heavy atom. The van der Waals surface area contributed by atoms with E-state index in [1.807, 2.05) is 18.3 Å². The molecule has 1 aliphatic heterocycles. The lowest BCUT2D eigenvalue weighted by atomic mass is 10.2. The first kappa shape index (κ1) is 20.8. The third kappa shape index (κ3) is 5.23. The molecule has 0 saturated carbocycles.